The van der Waals surface area contributed by atoms with E-state index in [0.29, 0.717) is 24.3 Å². The molecule has 3 rings (SSSR count). The zero-order valence-electron chi connectivity index (χ0n) is 13.8. The van der Waals surface area contributed by atoms with E-state index in [-0.39, 0.29) is 0 Å². The number of hydrogen-bond donors (Lipinski definition) is 2. The summed E-state index contributed by atoms with van der Waals surface area (Å²) in [6, 6.07) is 8.26. The molecule has 1 saturated heterocycles. The molecule has 1 atom stereocenters. The number of aryl methyl sites for hydroxylation is 1. The van der Waals surface area contributed by atoms with Gasteiger partial charge in [-0.2, -0.15) is 4.98 Å². The van der Waals surface area contributed by atoms with Gasteiger partial charge in [-0.15, -0.1) is 0 Å². The fourth-order valence-corrected chi connectivity index (χ4v) is 2.93. The van der Waals surface area contributed by atoms with Gasteiger partial charge in [-0.05, 0) is 31.5 Å². The van der Waals surface area contributed by atoms with Crippen molar-refractivity contribution in [3.63, 3.8) is 0 Å². The number of aromatic nitrogens is 2. The van der Waals surface area contributed by atoms with Gasteiger partial charge < -0.3 is 20.1 Å². The van der Waals surface area contributed by atoms with Crippen molar-refractivity contribution < 1.29 is 4.52 Å². The Balaban J connectivity index is 1.52. The van der Waals surface area contributed by atoms with E-state index in [1.165, 1.54) is 0 Å². The third-order valence-corrected chi connectivity index (χ3v) is 4.14. The van der Waals surface area contributed by atoms with E-state index in [0.717, 1.165) is 36.2 Å². The average Bonchev–Trinajstić information content (AvgIpc) is 3.20. The van der Waals surface area contributed by atoms with Crippen molar-refractivity contribution in [3.8, 4) is 0 Å². The first-order valence-corrected chi connectivity index (χ1v) is 8.28. The molecule has 1 aromatic carbocycles. The van der Waals surface area contributed by atoms with Crippen LogP contribution in [0.5, 0.6) is 0 Å². The fraction of sp³-hybridized carbons (Fsp3) is 0.438. The van der Waals surface area contributed by atoms with Crippen LogP contribution in [0.3, 0.4) is 0 Å². The van der Waals surface area contributed by atoms with Crippen LogP contribution in [-0.4, -0.2) is 42.3 Å². The van der Waals surface area contributed by atoms with Crippen molar-refractivity contribution in [1.29, 1.82) is 0 Å². The second kappa shape index (κ2) is 7.53. The van der Waals surface area contributed by atoms with Crippen molar-refractivity contribution >= 4 is 23.2 Å². The van der Waals surface area contributed by atoms with Crippen molar-refractivity contribution in [3.05, 3.63) is 41.0 Å². The van der Waals surface area contributed by atoms with Gasteiger partial charge in [0, 0.05) is 36.9 Å². The third kappa shape index (κ3) is 4.17. The maximum Gasteiger partial charge on any atom is 0.246 e. The van der Waals surface area contributed by atoms with Crippen LogP contribution in [0.15, 0.2) is 33.8 Å². The summed E-state index contributed by atoms with van der Waals surface area (Å²) in [4.78, 5) is 10.7. The predicted octanol–water partition coefficient (Wildman–Crippen LogP) is 1.98. The molecule has 1 fully saturated rings. The van der Waals surface area contributed by atoms with Crippen molar-refractivity contribution in [1.82, 2.24) is 20.8 Å². The number of halogens is 1. The van der Waals surface area contributed by atoms with Crippen LogP contribution < -0.4 is 15.5 Å². The zero-order chi connectivity index (χ0) is 16.9. The molecule has 2 heterocycles. The highest BCUT2D eigenvalue weighted by atomic mass is 35.5. The number of nitrogens with one attached hydrogen (secondary N) is 2. The first kappa shape index (κ1) is 16.6. The molecule has 24 heavy (non-hydrogen) atoms. The maximum atomic E-state index is 6.08. The normalized spacial score (nSPS) is 18.0. The molecule has 1 aliphatic rings. The Morgan fingerprint density at radius 2 is 2.38 bits per heavy atom. The van der Waals surface area contributed by atoms with E-state index in [1.54, 1.807) is 14.0 Å². The lowest BCUT2D eigenvalue weighted by Crippen LogP contribution is -2.44. The Labute approximate surface area is 146 Å². The fourth-order valence-electron chi connectivity index (χ4n) is 2.74. The van der Waals surface area contributed by atoms with Crippen LogP contribution in [0, 0.1) is 6.92 Å². The molecule has 7 nitrogen and oxygen atoms in total. The van der Waals surface area contributed by atoms with Gasteiger partial charge in [-0.3, -0.25) is 4.99 Å². The predicted molar refractivity (Wildman–Crippen MR) is 94.4 cm³/mol. The van der Waals surface area contributed by atoms with Gasteiger partial charge in [-0.25, -0.2) is 0 Å². The van der Waals surface area contributed by atoms with Crippen LogP contribution >= 0.6 is 11.6 Å². The average molecular weight is 349 g/mol. The number of aliphatic imine (C=N–C) groups is 1. The number of guanidine groups is 1. The van der Waals surface area contributed by atoms with Gasteiger partial charge in [0.25, 0.3) is 0 Å². The SMILES string of the molecule is CN=C(NCc1nc(C)no1)NC1CCN(c2cccc(Cl)c2)C1. The van der Waals surface area contributed by atoms with Crippen molar-refractivity contribution in [2.45, 2.75) is 25.9 Å². The Hall–Kier alpha value is -2.28. The summed E-state index contributed by atoms with van der Waals surface area (Å²) in [5.74, 6) is 1.90. The highest BCUT2D eigenvalue weighted by Crippen LogP contribution is 2.23. The minimum atomic E-state index is 0.319. The van der Waals surface area contributed by atoms with Gasteiger partial charge in [0.1, 0.15) is 0 Å². The number of nitrogens with zero attached hydrogens (tertiary/aromatic N) is 4. The largest absolute Gasteiger partial charge is 0.369 e. The molecular formula is C16H21ClN6O. The minimum Gasteiger partial charge on any atom is -0.369 e. The van der Waals surface area contributed by atoms with Crippen LogP contribution in [-0.2, 0) is 6.54 Å². The molecule has 2 aromatic rings. The molecule has 0 bridgehead atoms. The first-order valence-electron chi connectivity index (χ1n) is 7.91. The summed E-state index contributed by atoms with van der Waals surface area (Å²) in [7, 11) is 1.75. The van der Waals surface area contributed by atoms with Crippen LogP contribution in [0.25, 0.3) is 0 Å². The monoisotopic (exact) mass is 348 g/mol. The molecule has 0 amide bonds. The molecule has 0 spiro atoms. The number of rotatable bonds is 4. The minimum absolute atomic E-state index is 0.319. The Morgan fingerprint density at radius 3 is 3.08 bits per heavy atom. The number of anilines is 1. The van der Waals surface area contributed by atoms with Gasteiger partial charge in [-0.1, -0.05) is 22.8 Å². The molecular weight excluding hydrogens is 328 g/mol. The second-order valence-corrected chi connectivity index (χ2v) is 6.15. The van der Waals surface area contributed by atoms with Crippen LogP contribution in [0.2, 0.25) is 5.02 Å². The molecule has 128 valence electrons. The highest BCUT2D eigenvalue weighted by molar-refractivity contribution is 6.30. The topological polar surface area (TPSA) is 78.6 Å². The zero-order valence-corrected chi connectivity index (χ0v) is 14.5. The summed E-state index contributed by atoms with van der Waals surface area (Å²) in [6.45, 7) is 4.13. The lowest BCUT2D eigenvalue weighted by Gasteiger charge is -2.20. The Bertz CT molecular complexity index is 716. The molecule has 8 heteroatoms. The summed E-state index contributed by atoms with van der Waals surface area (Å²) >= 11 is 6.08. The van der Waals surface area contributed by atoms with Crippen molar-refractivity contribution in [2.24, 2.45) is 4.99 Å². The smallest absolute Gasteiger partial charge is 0.246 e. The summed E-state index contributed by atoms with van der Waals surface area (Å²) < 4.78 is 5.09. The summed E-state index contributed by atoms with van der Waals surface area (Å²) in [5, 5.41) is 11.2. The first-order chi connectivity index (χ1) is 11.6. The summed E-state index contributed by atoms with van der Waals surface area (Å²) in [5.41, 5.74) is 1.15. The lowest BCUT2D eigenvalue weighted by molar-refractivity contribution is 0.371. The number of benzene rings is 1. The molecule has 1 aromatic heterocycles. The van der Waals surface area contributed by atoms with Crippen LogP contribution in [0.4, 0.5) is 5.69 Å². The highest BCUT2D eigenvalue weighted by Gasteiger charge is 2.23. The van der Waals surface area contributed by atoms with Gasteiger partial charge in [0.05, 0.1) is 6.54 Å². The van der Waals surface area contributed by atoms with Gasteiger partial charge in [0.15, 0.2) is 11.8 Å². The second-order valence-electron chi connectivity index (χ2n) is 5.72. The Kier molecular flexibility index (Phi) is 5.20. The molecule has 1 unspecified atom stereocenters. The quantitative estimate of drug-likeness (QED) is 0.649. The molecule has 2 N–H and O–H groups in total. The third-order valence-electron chi connectivity index (χ3n) is 3.90. The van der Waals surface area contributed by atoms with Gasteiger partial charge >= 0.3 is 0 Å². The van der Waals surface area contributed by atoms with E-state index >= 15 is 0 Å². The lowest BCUT2D eigenvalue weighted by atomic mass is 10.3. The maximum absolute atomic E-state index is 6.08. The van der Waals surface area contributed by atoms with E-state index in [2.05, 4.69) is 36.7 Å². The Morgan fingerprint density at radius 1 is 1.50 bits per heavy atom. The van der Waals surface area contributed by atoms with Crippen LogP contribution in [0.1, 0.15) is 18.1 Å². The van der Waals surface area contributed by atoms with Gasteiger partial charge in [0.2, 0.25) is 5.89 Å². The van der Waals surface area contributed by atoms with E-state index in [1.807, 2.05) is 18.2 Å². The molecule has 1 aliphatic heterocycles. The number of hydrogen-bond acceptors (Lipinski definition) is 5. The van der Waals surface area contributed by atoms with E-state index < -0.39 is 0 Å². The molecule has 0 saturated carbocycles. The van der Waals surface area contributed by atoms with E-state index in [4.69, 9.17) is 16.1 Å². The standard InChI is InChI=1S/C16H21ClN6O/c1-11-20-15(24-22-11)9-19-16(18-2)21-13-6-7-23(10-13)14-5-3-4-12(17)8-14/h3-5,8,13H,6-7,9-10H2,1-2H3,(H2,18,19,21). The van der Waals surface area contributed by atoms with Crippen molar-refractivity contribution in [2.75, 3.05) is 25.0 Å². The molecule has 0 radical (unpaired) electrons. The van der Waals surface area contributed by atoms with E-state index in [9.17, 15) is 0 Å². The molecule has 0 aliphatic carbocycles. The summed E-state index contributed by atoms with van der Waals surface area (Å²) in [6.07, 6.45) is 1.03.